The summed E-state index contributed by atoms with van der Waals surface area (Å²) in [5.74, 6) is 0.373. The number of carbonyl (C=O) groups is 1. The predicted octanol–water partition coefficient (Wildman–Crippen LogP) is 1.70. The van der Waals surface area contributed by atoms with Crippen LogP contribution < -0.4 is 5.73 Å². The molecule has 3 N–H and O–H groups in total. The van der Waals surface area contributed by atoms with Gasteiger partial charge in [0.05, 0.1) is 6.10 Å². The third-order valence-electron chi connectivity index (χ3n) is 5.29. The Bertz CT molecular complexity index is 530. The Balaban J connectivity index is 1.48. The minimum Gasteiger partial charge on any atom is -0.391 e. The van der Waals surface area contributed by atoms with E-state index in [2.05, 4.69) is 0 Å². The first-order chi connectivity index (χ1) is 11.0. The van der Waals surface area contributed by atoms with Crippen LogP contribution in [0.4, 0.5) is 4.39 Å². The molecule has 0 aromatic heterocycles. The Labute approximate surface area is 136 Å². The molecule has 1 aliphatic heterocycles. The molecule has 0 bridgehead atoms. The third kappa shape index (κ3) is 3.90. The van der Waals surface area contributed by atoms with E-state index >= 15 is 0 Å². The molecule has 1 amide bonds. The van der Waals surface area contributed by atoms with Gasteiger partial charge in [-0.05, 0) is 55.7 Å². The van der Waals surface area contributed by atoms with Crippen molar-refractivity contribution in [1.29, 1.82) is 0 Å². The Morgan fingerprint density at radius 1 is 1.22 bits per heavy atom. The lowest BCUT2D eigenvalue weighted by Crippen LogP contribution is -2.41. The van der Waals surface area contributed by atoms with Crippen LogP contribution in [-0.4, -0.2) is 41.1 Å². The maximum absolute atomic E-state index is 12.9. The molecule has 0 unspecified atom stereocenters. The van der Waals surface area contributed by atoms with Gasteiger partial charge in [0, 0.05) is 25.0 Å². The molecular formula is C18H25FN2O2. The molecule has 5 heteroatoms. The largest absolute Gasteiger partial charge is 0.391 e. The molecule has 1 aliphatic carbocycles. The smallest absolute Gasteiger partial charge is 0.225 e. The van der Waals surface area contributed by atoms with E-state index in [-0.39, 0.29) is 23.7 Å². The number of halogens is 1. The number of aliphatic hydroxyl groups is 1. The van der Waals surface area contributed by atoms with Crippen molar-refractivity contribution in [2.24, 2.45) is 17.6 Å². The zero-order chi connectivity index (χ0) is 16.4. The molecule has 23 heavy (non-hydrogen) atoms. The first-order valence-electron chi connectivity index (χ1n) is 8.50. The van der Waals surface area contributed by atoms with Crippen LogP contribution in [0.15, 0.2) is 24.3 Å². The van der Waals surface area contributed by atoms with E-state index in [1.165, 1.54) is 12.1 Å². The summed E-state index contributed by atoms with van der Waals surface area (Å²) in [6, 6.07) is 6.42. The second kappa shape index (κ2) is 6.97. The highest BCUT2D eigenvalue weighted by Crippen LogP contribution is 2.29. The molecule has 1 heterocycles. The number of aliphatic hydroxyl groups excluding tert-OH is 1. The number of carbonyl (C=O) groups excluding carboxylic acids is 1. The average Bonchev–Trinajstić information content (AvgIpc) is 2.89. The summed E-state index contributed by atoms with van der Waals surface area (Å²) < 4.78 is 12.9. The number of hydrogen-bond acceptors (Lipinski definition) is 3. The van der Waals surface area contributed by atoms with Crippen molar-refractivity contribution in [2.45, 2.75) is 44.2 Å². The number of likely N-dealkylation sites (tertiary alicyclic amines) is 1. The lowest BCUT2D eigenvalue weighted by molar-refractivity contribution is -0.137. The zero-order valence-electron chi connectivity index (χ0n) is 13.3. The van der Waals surface area contributed by atoms with Gasteiger partial charge in [0.1, 0.15) is 5.82 Å². The monoisotopic (exact) mass is 320 g/mol. The van der Waals surface area contributed by atoms with Gasteiger partial charge >= 0.3 is 0 Å². The van der Waals surface area contributed by atoms with E-state index in [0.717, 1.165) is 37.9 Å². The number of piperidine rings is 1. The molecule has 3 atom stereocenters. The summed E-state index contributed by atoms with van der Waals surface area (Å²) in [5, 5.41) is 9.72. The van der Waals surface area contributed by atoms with E-state index in [4.69, 9.17) is 5.73 Å². The number of nitrogens with two attached hydrogens (primary N) is 1. The highest BCUT2D eigenvalue weighted by molar-refractivity contribution is 5.79. The van der Waals surface area contributed by atoms with Gasteiger partial charge in [-0.25, -0.2) is 4.39 Å². The summed E-state index contributed by atoms with van der Waals surface area (Å²) in [4.78, 5) is 14.4. The van der Waals surface area contributed by atoms with Gasteiger partial charge < -0.3 is 15.7 Å². The van der Waals surface area contributed by atoms with Crippen LogP contribution in [0.1, 0.15) is 31.2 Å². The fourth-order valence-corrected chi connectivity index (χ4v) is 3.82. The van der Waals surface area contributed by atoms with Gasteiger partial charge in [0.15, 0.2) is 0 Å². The van der Waals surface area contributed by atoms with Crippen LogP contribution in [-0.2, 0) is 11.2 Å². The highest BCUT2D eigenvalue weighted by Gasteiger charge is 2.37. The fraction of sp³-hybridized carbons (Fsp3) is 0.611. The quantitative estimate of drug-likeness (QED) is 0.891. The van der Waals surface area contributed by atoms with E-state index in [1.807, 2.05) is 17.0 Å². The lowest BCUT2D eigenvalue weighted by atomic mass is 9.89. The van der Waals surface area contributed by atoms with Crippen molar-refractivity contribution >= 4 is 5.91 Å². The molecule has 2 fully saturated rings. The van der Waals surface area contributed by atoms with Crippen molar-refractivity contribution in [2.75, 3.05) is 13.1 Å². The van der Waals surface area contributed by atoms with Crippen LogP contribution in [0, 0.1) is 17.7 Å². The maximum atomic E-state index is 12.9. The van der Waals surface area contributed by atoms with Crippen LogP contribution in [0.3, 0.4) is 0 Å². The molecule has 1 aromatic rings. The SMILES string of the molecule is N[C@H]1C[C@H](C(=O)N2CCC(Cc3ccc(F)cc3)CC2)C[C@@H]1O. The fourth-order valence-electron chi connectivity index (χ4n) is 3.82. The van der Waals surface area contributed by atoms with Gasteiger partial charge in [0.25, 0.3) is 0 Å². The number of rotatable bonds is 3. The first-order valence-corrected chi connectivity index (χ1v) is 8.50. The van der Waals surface area contributed by atoms with Gasteiger partial charge in [-0.1, -0.05) is 12.1 Å². The minimum atomic E-state index is -0.542. The van der Waals surface area contributed by atoms with Crippen LogP contribution in [0.5, 0.6) is 0 Å². The molecule has 0 radical (unpaired) electrons. The first kappa shape index (κ1) is 16.4. The summed E-state index contributed by atoms with van der Waals surface area (Å²) in [6.07, 6.45) is 3.44. The van der Waals surface area contributed by atoms with Crippen molar-refractivity contribution in [1.82, 2.24) is 4.90 Å². The van der Waals surface area contributed by atoms with E-state index in [9.17, 15) is 14.3 Å². The number of amides is 1. The molecule has 1 aromatic carbocycles. The normalized spacial score (nSPS) is 29.0. The van der Waals surface area contributed by atoms with Crippen LogP contribution in [0.2, 0.25) is 0 Å². The summed E-state index contributed by atoms with van der Waals surface area (Å²) in [6.45, 7) is 1.54. The number of hydrogen-bond donors (Lipinski definition) is 2. The Morgan fingerprint density at radius 3 is 2.43 bits per heavy atom. The molecule has 3 rings (SSSR count). The molecular weight excluding hydrogens is 295 g/mol. The molecule has 1 saturated heterocycles. The van der Waals surface area contributed by atoms with Gasteiger partial charge in [-0.3, -0.25) is 4.79 Å². The van der Waals surface area contributed by atoms with E-state index in [1.54, 1.807) is 0 Å². The third-order valence-corrected chi connectivity index (χ3v) is 5.29. The number of benzene rings is 1. The van der Waals surface area contributed by atoms with Crippen molar-refractivity contribution < 1.29 is 14.3 Å². The van der Waals surface area contributed by atoms with Crippen LogP contribution in [0.25, 0.3) is 0 Å². The van der Waals surface area contributed by atoms with E-state index in [0.29, 0.717) is 18.8 Å². The average molecular weight is 320 g/mol. The van der Waals surface area contributed by atoms with Crippen molar-refractivity contribution in [3.8, 4) is 0 Å². The zero-order valence-corrected chi connectivity index (χ0v) is 13.3. The Morgan fingerprint density at radius 2 is 1.87 bits per heavy atom. The summed E-state index contributed by atoms with van der Waals surface area (Å²) >= 11 is 0. The minimum absolute atomic E-state index is 0.117. The molecule has 126 valence electrons. The second-order valence-corrected chi connectivity index (χ2v) is 7.00. The van der Waals surface area contributed by atoms with Gasteiger partial charge in [-0.15, -0.1) is 0 Å². The second-order valence-electron chi connectivity index (χ2n) is 7.00. The Hall–Kier alpha value is -1.46. The highest BCUT2D eigenvalue weighted by atomic mass is 19.1. The lowest BCUT2D eigenvalue weighted by Gasteiger charge is -2.33. The van der Waals surface area contributed by atoms with Crippen molar-refractivity contribution in [3.05, 3.63) is 35.6 Å². The van der Waals surface area contributed by atoms with Crippen molar-refractivity contribution in [3.63, 3.8) is 0 Å². The van der Waals surface area contributed by atoms with E-state index < -0.39 is 6.10 Å². The molecule has 4 nitrogen and oxygen atoms in total. The number of nitrogens with zero attached hydrogens (tertiary/aromatic N) is 1. The summed E-state index contributed by atoms with van der Waals surface area (Å²) in [7, 11) is 0. The summed E-state index contributed by atoms with van der Waals surface area (Å²) in [5.41, 5.74) is 6.96. The van der Waals surface area contributed by atoms with Crippen LogP contribution >= 0.6 is 0 Å². The molecule has 1 saturated carbocycles. The predicted molar refractivity (Wildman–Crippen MR) is 86.1 cm³/mol. The van der Waals surface area contributed by atoms with Gasteiger partial charge in [-0.2, -0.15) is 0 Å². The maximum Gasteiger partial charge on any atom is 0.225 e. The standard InChI is InChI=1S/C18H25FN2O2/c19-15-3-1-12(2-4-15)9-13-5-7-21(8-6-13)18(23)14-10-16(20)17(22)11-14/h1-4,13-14,16-17,22H,5-11,20H2/t14-,16-,17-/m0/s1. The topological polar surface area (TPSA) is 66.6 Å². The Kier molecular flexibility index (Phi) is 4.97. The molecule has 2 aliphatic rings. The molecule has 0 spiro atoms. The van der Waals surface area contributed by atoms with Gasteiger partial charge in [0.2, 0.25) is 5.91 Å².